The van der Waals surface area contributed by atoms with Crippen molar-refractivity contribution in [2.75, 3.05) is 19.3 Å². The number of amides is 1. The van der Waals surface area contributed by atoms with E-state index >= 15 is 0 Å². The number of carbonyl (C=O) groups excluding carboxylic acids is 1. The minimum atomic E-state index is -3.20. The number of sulfonamides is 1. The van der Waals surface area contributed by atoms with E-state index in [9.17, 15) is 13.2 Å². The number of hydrogen-bond donors (Lipinski definition) is 2. The minimum Gasteiger partial charge on any atom is -0.351 e. The highest BCUT2D eigenvalue weighted by Crippen LogP contribution is 2.22. The van der Waals surface area contributed by atoms with Gasteiger partial charge in [-0.2, -0.15) is 9.40 Å². The highest BCUT2D eigenvalue weighted by Gasteiger charge is 2.29. The normalized spacial score (nSPS) is 18.8. The Morgan fingerprint density at radius 1 is 1.42 bits per heavy atom. The summed E-state index contributed by atoms with van der Waals surface area (Å²) in [7, 11) is -1.28. The summed E-state index contributed by atoms with van der Waals surface area (Å²) < 4.78 is 27.3. The zero-order valence-corrected chi connectivity index (χ0v) is 15.9. The summed E-state index contributed by atoms with van der Waals surface area (Å²) in [6, 6.07) is 5.52. The van der Waals surface area contributed by atoms with Crippen molar-refractivity contribution in [3.63, 3.8) is 0 Å². The summed E-state index contributed by atoms with van der Waals surface area (Å²) in [6.45, 7) is 0.992. The van der Waals surface area contributed by atoms with Crippen LogP contribution >= 0.6 is 0 Å². The monoisotopic (exact) mass is 379 g/mol. The Hall–Kier alpha value is -2.13. The molecule has 3 rings (SSSR count). The lowest BCUT2D eigenvalue weighted by Gasteiger charge is -2.33. The molecule has 8 nitrogen and oxygen atoms in total. The molecule has 1 amide bonds. The van der Waals surface area contributed by atoms with Crippen LogP contribution < -0.4 is 5.32 Å². The Morgan fingerprint density at radius 2 is 2.23 bits per heavy atom. The molecule has 2 aromatic rings. The second-order valence-electron chi connectivity index (χ2n) is 6.74. The largest absolute Gasteiger partial charge is 0.351 e. The molecule has 0 radical (unpaired) electrons. The van der Waals surface area contributed by atoms with Gasteiger partial charge in [0.05, 0.1) is 11.9 Å². The van der Waals surface area contributed by atoms with Gasteiger partial charge in [0.15, 0.2) is 0 Å². The number of carbonyl (C=O) groups is 1. The van der Waals surface area contributed by atoms with Gasteiger partial charge in [0.2, 0.25) is 10.0 Å². The van der Waals surface area contributed by atoms with Gasteiger partial charge >= 0.3 is 0 Å². The molecule has 1 fully saturated rings. The van der Waals surface area contributed by atoms with E-state index in [1.165, 1.54) is 6.26 Å². The highest BCUT2D eigenvalue weighted by atomic mass is 32.2. The van der Waals surface area contributed by atoms with Crippen molar-refractivity contribution in [1.29, 1.82) is 0 Å². The van der Waals surface area contributed by atoms with E-state index in [-0.39, 0.29) is 11.9 Å². The van der Waals surface area contributed by atoms with Gasteiger partial charge < -0.3 is 9.88 Å². The van der Waals surface area contributed by atoms with Crippen molar-refractivity contribution in [3.05, 3.63) is 30.1 Å². The average molecular weight is 379 g/mol. The molecule has 1 saturated heterocycles. The topological polar surface area (TPSA) is 100 Å². The van der Waals surface area contributed by atoms with E-state index in [0.29, 0.717) is 30.9 Å². The Labute approximate surface area is 153 Å². The second-order valence-corrected chi connectivity index (χ2v) is 8.67. The van der Waals surface area contributed by atoms with Crippen LogP contribution in [0.2, 0.25) is 0 Å². The summed E-state index contributed by atoms with van der Waals surface area (Å²) in [6.07, 6.45) is 6.53. The molecule has 3 heterocycles. The zero-order chi connectivity index (χ0) is 18.7. The lowest BCUT2D eigenvalue weighted by atomic mass is 10.0. The number of nitrogens with zero attached hydrogens (tertiary/aromatic N) is 3. The van der Waals surface area contributed by atoms with Crippen LogP contribution in [0.25, 0.3) is 11.4 Å². The van der Waals surface area contributed by atoms with Crippen molar-refractivity contribution in [2.45, 2.75) is 31.7 Å². The quantitative estimate of drug-likeness (QED) is 0.791. The summed E-state index contributed by atoms with van der Waals surface area (Å²) >= 11 is 0. The fourth-order valence-corrected chi connectivity index (χ4v) is 4.66. The van der Waals surface area contributed by atoms with Crippen molar-refractivity contribution < 1.29 is 13.2 Å². The molecule has 2 N–H and O–H groups in total. The number of aromatic nitrogens is 3. The van der Waals surface area contributed by atoms with Crippen LogP contribution in [0.5, 0.6) is 0 Å². The first kappa shape index (κ1) is 18.7. The van der Waals surface area contributed by atoms with Gasteiger partial charge in [-0.25, -0.2) is 8.42 Å². The van der Waals surface area contributed by atoms with Crippen molar-refractivity contribution in [1.82, 2.24) is 24.4 Å². The van der Waals surface area contributed by atoms with Crippen LogP contribution in [0.1, 0.15) is 36.2 Å². The van der Waals surface area contributed by atoms with Crippen LogP contribution in [-0.2, 0) is 17.1 Å². The molecule has 0 bridgehead atoms. The number of H-pyrrole nitrogens is 1. The number of nitrogens with one attached hydrogen (secondary N) is 2. The van der Waals surface area contributed by atoms with Crippen molar-refractivity contribution in [3.8, 4) is 11.4 Å². The van der Waals surface area contributed by atoms with E-state index < -0.39 is 10.0 Å². The van der Waals surface area contributed by atoms with Crippen LogP contribution in [0.15, 0.2) is 24.4 Å². The molecule has 142 valence electrons. The van der Waals surface area contributed by atoms with Gasteiger partial charge in [-0.05, 0) is 37.5 Å². The smallest absolute Gasteiger partial charge is 0.269 e. The molecular weight excluding hydrogens is 354 g/mol. The first-order valence-corrected chi connectivity index (χ1v) is 10.6. The predicted octanol–water partition coefficient (Wildman–Crippen LogP) is 1.35. The summed E-state index contributed by atoms with van der Waals surface area (Å²) in [5.41, 5.74) is 2.02. The number of rotatable bonds is 6. The van der Waals surface area contributed by atoms with Gasteiger partial charge in [0, 0.05) is 32.4 Å². The van der Waals surface area contributed by atoms with Crippen LogP contribution in [0.3, 0.4) is 0 Å². The van der Waals surface area contributed by atoms with Gasteiger partial charge in [-0.1, -0.05) is 6.42 Å². The van der Waals surface area contributed by atoms with Crippen molar-refractivity contribution >= 4 is 15.9 Å². The third kappa shape index (κ3) is 4.16. The predicted molar refractivity (Wildman–Crippen MR) is 99.1 cm³/mol. The summed E-state index contributed by atoms with van der Waals surface area (Å²) in [5.74, 6) is -0.236. The number of piperidine rings is 1. The zero-order valence-electron chi connectivity index (χ0n) is 15.1. The Morgan fingerprint density at radius 3 is 2.92 bits per heavy atom. The molecule has 0 aliphatic carbocycles. The first-order valence-electron chi connectivity index (χ1n) is 8.78. The third-order valence-corrected chi connectivity index (χ3v) is 6.12. The van der Waals surface area contributed by atoms with Gasteiger partial charge in [-0.15, -0.1) is 0 Å². The van der Waals surface area contributed by atoms with Gasteiger partial charge in [-0.3, -0.25) is 9.89 Å². The molecule has 1 aliphatic heterocycles. The van der Waals surface area contributed by atoms with E-state index in [4.69, 9.17) is 0 Å². The van der Waals surface area contributed by atoms with Gasteiger partial charge in [0.1, 0.15) is 11.4 Å². The SMILES string of the molecule is Cn1cccc1-c1cc(C(=O)NCCC2CCCCN2S(C)(=O)=O)[nH]n1. The number of hydrogen-bond acceptors (Lipinski definition) is 4. The lowest BCUT2D eigenvalue weighted by molar-refractivity contribution is 0.0944. The maximum absolute atomic E-state index is 12.3. The lowest BCUT2D eigenvalue weighted by Crippen LogP contribution is -2.44. The minimum absolute atomic E-state index is 0.0419. The molecule has 0 saturated carbocycles. The van der Waals surface area contributed by atoms with Crippen LogP contribution in [-0.4, -0.2) is 58.8 Å². The fraction of sp³-hybridized carbons (Fsp3) is 0.529. The second kappa shape index (κ2) is 7.63. The average Bonchev–Trinajstić information content (AvgIpc) is 3.23. The first-order chi connectivity index (χ1) is 12.4. The summed E-state index contributed by atoms with van der Waals surface area (Å²) in [4.78, 5) is 12.3. The fourth-order valence-electron chi connectivity index (χ4n) is 3.44. The molecule has 9 heteroatoms. The van der Waals surface area contributed by atoms with E-state index in [2.05, 4.69) is 15.5 Å². The number of aromatic amines is 1. The Kier molecular flexibility index (Phi) is 5.47. The van der Waals surface area contributed by atoms with E-state index in [0.717, 1.165) is 25.0 Å². The van der Waals surface area contributed by atoms with E-state index in [1.807, 2.05) is 29.9 Å². The third-order valence-electron chi connectivity index (χ3n) is 4.79. The highest BCUT2D eigenvalue weighted by molar-refractivity contribution is 7.88. The maximum atomic E-state index is 12.3. The standard InChI is InChI=1S/C17H25N5O3S/c1-21-10-5-7-16(21)14-12-15(20-19-14)17(23)18-9-8-13-6-3-4-11-22(13)26(2,24)25/h5,7,10,12-13H,3-4,6,8-9,11H2,1-2H3,(H,18,23)(H,19,20). The number of aryl methyl sites for hydroxylation is 1. The van der Waals surface area contributed by atoms with Crippen LogP contribution in [0, 0.1) is 0 Å². The van der Waals surface area contributed by atoms with E-state index in [1.54, 1.807) is 10.4 Å². The Bertz CT molecular complexity index is 871. The molecular formula is C17H25N5O3S. The van der Waals surface area contributed by atoms with Gasteiger partial charge in [0.25, 0.3) is 5.91 Å². The molecule has 1 atom stereocenters. The molecule has 1 aliphatic rings. The molecule has 1 unspecified atom stereocenters. The summed E-state index contributed by atoms with van der Waals surface area (Å²) in [5, 5.41) is 9.80. The maximum Gasteiger partial charge on any atom is 0.269 e. The van der Waals surface area contributed by atoms with Crippen molar-refractivity contribution in [2.24, 2.45) is 7.05 Å². The molecule has 0 aromatic carbocycles. The molecule has 26 heavy (non-hydrogen) atoms. The molecule has 2 aromatic heterocycles. The molecule has 0 spiro atoms. The van der Waals surface area contributed by atoms with Crippen LogP contribution in [0.4, 0.5) is 0 Å². The Balaban J connectivity index is 1.56.